The fourth-order valence-electron chi connectivity index (χ4n) is 2.54. The zero-order chi connectivity index (χ0) is 14.8. The predicted octanol–water partition coefficient (Wildman–Crippen LogP) is 5.46. The van der Waals surface area contributed by atoms with Gasteiger partial charge in [-0.2, -0.15) is 0 Å². The highest BCUT2D eigenvalue weighted by Gasteiger charge is 2.17. The largest absolute Gasteiger partial charge is 0.459 e. The van der Waals surface area contributed by atoms with Crippen LogP contribution < -0.4 is 5.32 Å². The molecule has 0 amide bonds. The molecule has 0 saturated carbocycles. The highest BCUT2D eigenvalue weighted by Crippen LogP contribution is 2.29. The van der Waals surface area contributed by atoms with E-state index in [2.05, 4.69) is 70.8 Å². The SMILES string of the molecule is CCNC(Cc1cc(Br)cs1)c1cc2cc(C)ccc2o1. The summed E-state index contributed by atoms with van der Waals surface area (Å²) in [6.45, 7) is 5.16. The lowest BCUT2D eigenvalue weighted by molar-refractivity contribution is 0.436. The van der Waals surface area contributed by atoms with Crippen LogP contribution >= 0.6 is 27.3 Å². The van der Waals surface area contributed by atoms with Crippen molar-refractivity contribution in [1.29, 1.82) is 0 Å². The number of aryl methyl sites for hydroxylation is 1. The van der Waals surface area contributed by atoms with Gasteiger partial charge in [0.1, 0.15) is 11.3 Å². The van der Waals surface area contributed by atoms with Crippen LogP contribution in [0.2, 0.25) is 0 Å². The molecule has 0 bridgehead atoms. The second kappa shape index (κ2) is 6.34. The van der Waals surface area contributed by atoms with Gasteiger partial charge in [0.2, 0.25) is 0 Å². The molecule has 2 heterocycles. The molecule has 0 aliphatic carbocycles. The first kappa shape index (κ1) is 14.8. The molecule has 21 heavy (non-hydrogen) atoms. The molecule has 1 atom stereocenters. The van der Waals surface area contributed by atoms with Gasteiger partial charge in [-0.1, -0.05) is 18.6 Å². The Morgan fingerprint density at radius 2 is 2.14 bits per heavy atom. The van der Waals surface area contributed by atoms with E-state index in [0.29, 0.717) is 0 Å². The van der Waals surface area contributed by atoms with Crippen LogP contribution in [0.4, 0.5) is 0 Å². The minimum Gasteiger partial charge on any atom is -0.459 e. The molecule has 3 rings (SSSR count). The summed E-state index contributed by atoms with van der Waals surface area (Å²) >= 11 is 5.30. The van der Waals surface area contributed by atoms with Gasteiger partial charge in [0.05, 0.1) is 6.04 Å². The standard InChI is InChI=1S/C17H18BrNOS/c1-3-19-15(9-14-8-13(18)10-21-14)17-7-12-6-11(2)4-5-16(12)20-17/h4-8,10,15,19H,3,9H2,1-2H3. The van der Waals surface area contributed by atoms with E-state index in [1.807, 2.05) is 0 Å². The molecule has 0 fully saturated rings. The molecule has 1 N–H and O–H groups in total. The van der Waals surface area contributed by atoms with Crippen molar-refractivity contribution < 1.29 is 4.42 Å². The van der Waals surface area contributed by atoms with E-state index in [0.717, 1.165) is 28.8 Å². The van der Waals surface area contributed by atoms with Crippen LogP contribution in [0.1, 0.15) is 29.2 Å². The molecule has 2 nitrogen and oxygen atoms in total. The quantitative estimate of drug-likeness (QED) is 0.650. The van der Waals surface area contributed by atoms with Crippen LogP contribution in [0, 0.1) is 6.92 Å². The van der Waals surface area contributed by atoms with Gasteiger partial charge in [-0.3, -0.25) is 0 Å². The Bertz CT molecular complexity index is 746. The predicted molar refractivity (Wildman–Crippen MR) is 93.1 cm³/mol. The number of likely N-dealkylation sites (N-methyl/N-ethyl adjacent to an activating group) is 1. The summed E-state index contributed by atoms with van der Waals surface area (Å²) in [4.78, 5) is 1.35. The third kappa shape index (κ3) is 3.39. The molecule has 1 aromatic carbocycles. The molecule has 110 valence electrons. The summed E-state index contributed by atoms with van der Waals surface area (Å²) in [6.07, 6.45) is 0.947. The number of halogens is 1. The summed E-state index contributed by atoms with van der Waals surface area (Å²) in [5, 5.41) is 6.84. The fourth-order valence-corrected chi connectivity index (χ4v) is 4.03. The molecule has 1 unspecified atom stereocenters. The number of thiophene rings is 1. The van der Waals surface area contributed by atoms with Gasteiger partial charge in [-0.25, -0.2) is 0 Å². The number of nitrogens with one attached hydrogen (secondary N) is 1. The topological polar surface area (TPSA) is 25.2 Å². The average molecular weight is 364 g/mol. The van der Waals surface area contributed by atoms with Crippen LogP contribution in [-0.2, 0) is 6.42 Å². The molecular formula is C17H18BrNOS. The van der Waals surface area contributed by atoms with Crippen molar-refractivity contribution in [2.24, 2.45) is 0 Å². The van der Waals surface area contributed by atoms with Gasteiger partial charge in [0.15, 0.2) is 0 Å². The fraction of sp³-hybridized carbons (Fsp3) is 0.294. The molecule has 0 radical (unpaired) electrons. The van der Waals surface area contributed by atoms with Gasteiger partial charge in [-0.05, 0) is 53.7 Å². The van der Waals surface area contributed by atoms with Crippen molar-refractivity contribution >= 4 is 38.2 Å². The maximum absolute atomic E-state index is 6.05. The monoisotopic (exact) mass is 363 g/mol. The first-order chi connectivity index (χ1) is 10.2. The summed E-state index contributed by atoms with van der Waals surface area (Å²) in [5.74, 6) is 1.02. The van der Waals surface area contributed by atoms with Crippen molar-refractivity contribution in [2.45, 2.75) is 26.3 Å². The lowest BCUT2D eigenvalue weighted by atomic mass is 10.1. The minimum absolute atomic E-state index is 0.216. The first-order valence-corrected chi connectivity index (χ1v) is 8.79. The summed E-state index contributed by atoms with van der Waals surface area (Å²) < 4.78 is 7.20. The van der Waals surface area contributed by atoms with Gasteiger partial charge < -0.3 is 9.73 Å². The third-order valence-electron chi connectivity index (χ3n) is 3.51. The smallest absolute Gasteiger partial charge is 0.134 e. The van der Waals surface area contributed by atoms with Crippen molar-refractivity contribution in [3.05, 3.63) is 56.4 Å². The lowest BCUT2D eigenvalue weighted by Crippen LogP contribution is -2.22. The van der Waals surface area contributed by atoms with Crippen molar-refractivity contribution in [3.8, 4) is 0 Å². The highest BCUT2D eigenvalue weighted by atomic mass is 79.9. The lowest BCUT2D eigenvalue weighted by Gasteiger charge is -2.14. The molecule has 3 aromatic rings. The van der Waals surface area contributed by atoms with E-state index >= 15 is 0 Å². The summed E-state index contributed by atoms with van der Waals surface area (Å²) in [7, 11) is 0. The minimum atomic E-state index is 0.216. The van der Waals surface area contributed by atoms with E-state index in [1.165, 1.54) is 15.8 Å². The Morgan fingerprint density at radius 3 is 2.86 bits per heavy atom. The van der Waals surface area contributed by atoms with Crippen molar-refractivity contribution in [2.75, 3.05) is 6.54 Å². The van der Waals surface area contributed by atoms with E-state index in [-0.39, 0.29) is 6.04 Å². The van der Waals surface area contributed by atoms with E-state index < -0.39 is 0 Å². The average Bonchev–Trinajstić information content (AvgIpc) is 3.04. The summed E-state index contributed by atoms with van der Waals surface area (Å²) in [5.41, 5.74) is 2.22. The Kier molecular flexibility index (Phi) is 4.48. The molecule has 4 heteroatoms. The molecule has 0 saturated heterocycles. The van der Waals surface area contributed by atoms with Gasteiger partial charge in [0.25, 0.3) is 0 Å². The normalized spacial score (nSPS) is 12.9. The van der Waals surface area contributed by atoms with Crippen molar-refractivity contribution in [1.82, 2.24) is 5.32 Å². The molecular weight excluding hydrogens is 346 g/mol. The number of benzene rings is 1. The van der Waals surface area contributed by atoms with E-state index in [9.17, 15) is 0 Å². The molecule has 0 aliphatic rings. The number of rotatable bonds is 5. The van der Waals surface area contributed by atoms with Gasteiger partial charge in [-0.15, -0.1) is 11.3 Å². The number of fused-ring (bicyclic) bond motifs is 1. The van der Waals surface area contributed by atoms with Crippen molar-refractivity contribution in [3.63, 3.8) is 0 Å². The van der Waals surface area contributed by atoms with E-state index in [4.69, 9.17) is 4.42 Å². The van der Waals surface area contributed by atoms with Crippen LogP contribution in [-0.4, -0.2) is 6.54 Å². The number of hydrogen-bond acceptors (Lipinski definition) is 3. The summed E-state index contributed by atoms with van der Waals surface area (Å²) in [6, 6.07) is 10.9. The van der Waals surface area contributed by atoms with Crippen LogP contribution in [0.5, 0.6) is 0 Å². The highest BCUT2D eigenvalue weighted by molar-refractivity contribution is 9.10. The van der Waals surface area contributed by atoms with Gasteiger partial charge >= 0.3 is 0 Å². The second-order valence-corrected chi connectivity index (χ2v) is 7.15. The number of hydrogen-bond donors (Lipinski definition) is 1. The zero-order valence-corrected chi connectivity index (χ0v) is 14.6. The Morgan fingerprint density at radius 1 is 1.29 bits per heavy atom. The molecule has 0 spiro atoms. The number of furan rings is 1. The maximum atomic E-state index is 6.05. The second-order valence-electron chi connectivity index (χ2n) is 5.24. The van der Waals surface area contributed by atoms with E-state index in [1.54, 1.807) is 11.3 Å². The third-order valence-corrected chi connectivity index (χ3v) is 5.23. The molecule has 2 aromatic heterocycles. The zero-order valence-electron chi connectivity index (χ0n) is 12.2. The van der Waals surface area contributed by atoms with Gasteiger partial charge in [0, 0.05) is 26.5 Å². The van der Waals surface area contributed by atoms with Crippen LogP contribution in [0.3, 0.4) is 0 Å². The first-order valence-electron chi connectivity index (χ1n) is 7.12. The Balaban J connectivity index is 1.90. The van der Waals surface area contributed by atoms with Crippen LogP contribution in [0.25, 0.3) is 11.0 Å². The maximum Gasteiger partial charge on any atom is 0.134 e. The molecule has 0 aliphatic heterocycles. The van der Waals surface area contributed by atoms with Crippen LogP contribution in [0.15, 0.2) is 44.6 Å². The Labute approximate surface area is 137 Å². The Hall–Kier alpha value is -1.10.